The second-order valence-electron chi connectivity index (χ2n) is 7.93. The van der Waals surface area contributed by atoms with Crippen molar-refractivity contribution in [1.82, 2.24) is 14.9 Å². The van der Waals surface area contributed by atoms with E-state index >= 15 is 0 Å². The monoisotopic (exact) mass is 439 g/mol. The lowest BCUT2D eigenvalue weighted by molar-refractivity contribution is -0.119. The van der Waals surface area contributed by atoms with Crippen molar-refractivity contribution >= 4 is 28.6 Å². The molecule has 7 heteroatoms. The summed E-state index contributed by atoms with van der Waals surface area (Å²) in [5, 5.41) is 4.05. The Morgan fingerprint density at radius 1 is 1.03 bits per heavy atom. The van der Waals surface area contributed by atoms with Gasteiger partial charge in [0.25, 0.3) is 5.56 Å². The highest BCUT2D eigenvalue weighted by Crippen LogP contribution is 2.22. The van der Waals surface area contributed by atoms with E-state index in [1.807, 2.05) is 6.07 Å². The molecule has 1 amide bonds. The molecule has 0 unspecified atom stereocenters. The molecule has 5 nitrogen and oxygen atoms in total. The number of carbonyl (C=O) groups is 1. The van der Waals surface area contributed by atoms with Crippen molar-refractivity contribution in [2.24, 2.45) is 0 Å². The highest BCUT2D eigenvalue weighted by Gasteiger charge is 2.17. The molecular weight excluding hydrogens is 413 g/mol. The summed E-state index contributed by atoms with van der Waals surface area (Å²) in [7, 11) is 0. The van der Waals surface area contributed by atoms with Gasteiger partial charge in [0.1, 0.15) is 5.82 Å². The Labute approximate surface area is 185 Å². The molecule has 3 aromatic rings. The van der Waals surface area contributed by atoms with E-state index in [0.717, 1.165) is 25.7 Å². The summed E-state index contributed by atoms with van der Waals surface area (Å²) in [6.45, 7) is 0. The first-order valence-electron chi connectivity index (χ1n) is 10.8. The van der Waals surface area contributed by atoms with Crippen LogP contribution in [0.25, 0.3) is 16.6 Å². The Bertz CT molecular complexity index is 1110. The second-order valence-corrected chi connectivity index (χ2v) is 8.87. The molecule has 4 rings (SSSR count). The fraction of sp³-hybridized carbons (Fsp3) is 0.375. The van der Waals surface area contributed by atoms with E-state index in [1.54, 1.807) is 30.3 Å². The molecule has 1 aromatic heterocycles. The van der Waals surface area contributed by atoms with E-state index in [-0.39, 0.29) is 29.1 Å². The molecule has 1 saturated carbocycles. The van der Waals surface area contributed by atoms with Crippen LogP contribution in [0, 0.1) is 5.82 Å². The lowest BCUT2D eigenvalue weighted by atomic mass is 9.97. The maximum atomic E-state index is 13.4. The van der Waals surface area contributed by atoms with Gasteiger partial charge in [0.2, 0.25) is 5.91 Å². The summed E-state index contributed by atoms with van der Waals surface area (Å²) in [5.74, 6) is -0.260. The number of thioether (sulfide) groups is 1. The van der Waals surface area contributed by atoms with E-state index < -0.39 is 0 Å². The first kappa shape index (κ1) is 21.6. The summed E-state index contributed by atoms with van der Waals surface area (Å²) in [5.41, 5.74) is 0.863. The first-order valence-corrected chi connectivity index (χ1v) is 11.8. The molecule has 1 aliphatic rings. The zero-order valence-corrected chi connectivity index (χ0v) is 18.2. The van der Waals surface area contributed by atoms with Crippen molar-refractivity contribution in [3.63, 3.8) is 0 Å². The van der Waals surface area contributed by atoms with Gasteiger partial charge in [-0.05, 0) is 49.2 Å². The number of nitrogens with zero attached hydrogens (tertiary/aromatic N) is 2. The molecule has 0 radical (unpaired) electrons. The SMILES string of the molecule is O=C(CSc1nc2ccccc2c(=O)n1-c1ccc(F)cc1)NC1CCCCCCC1. The van der Waals surface area contributed by atoms with Gasteiger partial charge < -0.3 is 5.32 Å². The molecule has 0 bridgehead atoms. The van der Waals surface area contributed by atoms with Crippen LogP contribution in [0.3, 0.4) is 0 Å². The van der Waals surface area contributed by atoms with Gasteiger partial charge in [-0.15, -0.1) is 0 Å². The van der Waals surface area contributed by atoms with Crippen molar-refractivity contribution in [3.05, 3.63) is 64.7 Å². The number of hydrogen-bond acceptors (Lipinski definition) is 4. The van der Waals surface area contributed by atoms with Gasteiger partial charge in [0, 0.05) is 6.04 Å². The Balaban J connectivity index is 1.57. The number of hydrogen-bond donors (Lipinski definition) is 1. The van der Waals surface area contributed by atoms with Crippen molar-refractivity contribution < 1.29 is 9.18 Å². The van der Waals surface area contributed by atoms with Gasteiger partial charge in [-0.1, -0.05) is 56.0 Å². The van der Waals surface area contributed by atoms with E-state index in [2.05, 4.69) is 10.3 Å². The van der Waals surface area contributed by atoms with E-state index in [4.69, 9.17) is 0 Å². The summed E-state index contributed by atoms with van der Waals surface area (Å²) >= 11 is 1.23. The third-order valence-corrected chi connectivity index (χ3v) is 6.57. The average molecular weight is 440 g/mol. The average Bonchev–Trinajstić information content (AvgIpc) is 2.75. The molecule has 1 aliphatic carbocycles. The molecule has 162 valence electrons. The largest absolute Gasteiger partial charge is 0.353 e. The minimum Gasteiger partial charge on any atom is -0.353 e. The highest BCUT2D eigenvalue weighted by atomic mass is 32.2. The zero-order valence-electron chi connectivity index (χ0n) is 17.4. The number of carbonyl (C=O) groups excluding carboxylic acids is 1. The summed E-state index contributed by atoms with van der Waals surface area (Å²) in [6, 6.07) is 13.1. The van der Waals surface area contributed by atoms with Crippen LogP contribution in [0.2, 0.25) is 0 Å². The third-order valence-electron chi connectivity index (χ3n) is 5.63. The molecule has 0 atom stereocenters. The number of halogens is 1. The number of aromatic nitrogens is 2. The fourth-order valence-corrected chi connectivity index (χ4v) is 4.85. The summed E-state index contributed by atoms with van der Waals surface area (Å²) in [6.07, 6.45) is 8.07. The van der Waals surface area contributed by atoms with E-state index in [0.29, 0.717) is 21.7 Å². The van der Waals surface area contributed by atoms with Crippen LogP contribution in [0.15, 0.2) is 58.5 Å². The van der Waals surface area contributed by atoms with Crippen LogP contribution in [0.1, 0.15) is 44.9 Å². The molecule has 0 saturated heterocycles. The standard InChI is InChI=1S/C24H26FN3O2S/c25-17-12-14-19(15-13-17)28-23(30)20-10-6-7-11-21(20)27-24(28)31-16-22(29)26-18-8-4-2-1-3-5-9-18/h6-7,10-15,18H,1-5,8-9,16H2,(H,26,29). The van der Waals surface area contributed by atoms with Crippen LogP contribution in [-0.4, -0.2) is 27.3 Å². The van der Waals surface area contributed by atoms with Crippen molar-refractivity contribution in [3.8, 4) is 5.69 Å². The highest BCUT2D eigenvalue weighted by molar-refractivity contribution is 7.99. The normalized spacial score (nSPS) is 15.4. The maximum Gasteiger partial charge on any atom is 0.266 e. The number of amides is 1. The Hall–Kier alpha value is -2.67. The molecule has 31 heavy (non-hydrogen) atoms. The van der Waals surface area contributed by atoms with Crippen LogP contribution in [-0.2, 0) is 4.79 Å². The first-order chi connectivity index (χ1) is 15.1. The molecule has 1 N–H and O–H groups in total. The summed E-state index contributed by atoms with van der Waals surface area (Å²) < 4.78 is 14.9. The Kier molecular flexibility index (Phi) is 7.02. The van der Waals surface area contributed by atoms with Gasteiger partial charge in [0.15, 0.2) is 5.16 Å². The quantitative estimate of drug-likeness (QED) is 0.456. The zero-order chi connectivity index (χ0) is 21.6. The van der Waals surface area contributed by atoms with Gasteiger partial charge in [-0.25, -0.2) is 9.37 Å². The van der Waals surface area contributed by atoms with Crippen LogP contribution in [0.4, 0.5) is 4.39 Å². The predicted octanol–water partition coefficient (Wildman–Crippen LogP) is 4.85. The molecule has 1 fully saturated rings. The second kappa shape index (κ2) is 10.1. The number of fused-ring (bicyclic) bond motifs is 1. The lowest BCUT2D eigenvalue weighted by Gasteiger charge is -2.21. The third kappa shape index (κ3) is 5.34. The van der Waals surface area contributed by atoms with E-state index in [1.165, 1.54) is 47.7 Å². The van der Waals surface area contributed by atoms with Gasteiger partial charge >= 0.3 is 0 Å². The molecule has 0 spiro atoms. The van der Waals surface area contributed by atoms with Crippen LogP contribution < -0.4 is 10.9 Å². The Morgan fingerprint density at radius 3 is 2.45 bits per heavy atom. The molecule has 1 heterocycles. The van der Waals surface area contributed by atoms with E-state index in [9.17, 15) is 14.0 Å². The number of benzene rings is 2. The minimum atomic E-state index is -0.377. The van der Waals surface area contributed by atoms with Gasteiger partial charge in [-0.2, -0.15) is 0 Å². The molecule has 2 aromatic carbocycles. The van der Waals surface area contributed by atoms with Crippen LogP contribution >= 0.6 is 11.8 Å². The van der Waals surface area contributed by atoms with Gasteiger partial charge in [0.05, 0.1) is 22.3 Å². The predicted molar refractivity (Wildman–Crippen MR) is 122 cm³/mol. The lowest BCUT2D eigenvalue weighted by Crippen LogP contribution is -2.36. The number of para-hydroxylation sites is 1. The molecule has 0 aliphatic heterocycles. The topological polar surface area (TPSA) is 64.0 Å². The number of nitrogens with one attached hydrogen (secondary N) is 1. The fourth-order valence-electron chi connectivity index (χ4n) is 4.03. The number of rotatable bonds is 5. The minimum absolute atomic E-state index is 0.0522. The van der Waals surface area contributed by atoms with Crippen LogP contribution in [0.5, 0.6) is 0 Å². The van der Waals surface area contributed by atoms with Crippen molar-refractivity contribution in [2.75, 3.05) is 5.75 Å². The molecular formula is C24H26FN3O2S. The van der Waals surface area contributed by atoms with Crippen molar-refractivity contribution in [1.29, 1.82) is 0 Å². The smallest absolute Gasteiger partial charge is 0.266 e. The summed E-state index contributed by atoms with van der Waals surface area (Å²) in [4.78, 5) is 30.4. The van der Waals surface area contributed by atoms with Gasteiger partial charge in [-0.3, -0.25) is 14.2 Å². The maximum absolute atomic E-state index is 13.4. The Morgan fingerprint density at radius 2 is 1.71 bits per heavy atom. The van der Waals surface area contributed by atoms with Crippen molar-refractivity contribution in [2.45, 2.75) is 56.1 Å².